The molecule has 2 fully saturated rings. The van der Waals surface area contributed by atoms with Crippen LogP contribution in [0.5, 0.6) is 0 Å². The number of fused-ring (bicyclic) bond motifs is 1. The number of hydrogen-bond acceptors (Lipinski definition) is 3. The average Bonchev–Trinajstić information content (AvgIpc) is 2.48. The Morgan fingerprint density at radius 3 is 3.11 bits per heavy atom. The van der Waals surface area contributed by atoms with Crippen molar-refractivity contribution in [3.8, 4) is 6.07 Å². The molecule has 0 spiro atoms. The monoisotopic (exact) mass is 256 g/mol. The van der Waals surface area contributed by atoms with E-state index in [0.717, 1.165) is 25.3 Å². The van der Waals surface area contributed by atoms with E-state index in [1.54, 1.807) is 0 Å². The fraction of sp³-hybridized carbons (Fsp3) is 0.562. The summed E-state index contributed by atoms with van der Waals surface area (Å²) in [4.78, 5) is 2.55. The van der Waals surface area contributed by atoms with Gasteiger partial charge in [-0.2, -0.15) is 5.26 Å². The topological polar surface area (TPSA) is 36.3 Å². The molecule has 0 bridgehead atoms. The quantitative estimate of drug-likeness (QED) is 0.816. The summed E-state index contributed by atoms with van der Waals surface area (Å²) in [5, 5.41) is 8.97. The van der Waals surface area contributed by atoms with Crippen molar-refractivity contribution in [2.24, 2.45) is 0 Å². The minimum atomic E-state index is 0.432. The number of rotatable bonds is 2. The van der Waals surface area contributed by atoms with Gasteiger partial charge in [0, 0.05) is 19.1 Å². The molecule has 1 aromatic rings. The van der Waals surface area contributed by atoms with Gasteiger partial charge in [-0.1, -0.05) is 25.0 Å². The van der Waals surface area contributed by atoms with Crippen molar-refractivity contribution >= 4 is 0 Å². The zero-order valence-corrected chi connectivity index (χ0v) is 11.2. The Hall–Kier alpha value is -1.37. The van der Waals surface area contributed by atoms with Gasteiger partial charge in [0.2, 0.25) is 0 Å². The Kier molecular flexibility index (Phi) is 3.82. The Labute approximate surface area is 114 Å². The number of ether oxygens (including phenoxy) is 1. The number of nitriles is 1. The van der Waals surface area contributed by atoms with Crippen molar-refractivity contribution in [1.82, 2.24) is 4.90 Å². The van der Waals surface area contributed by atoms with Gasteiger partial charge in [0.1, 0.15) is 0 Å². The summed E-state index contributed by atoms with van der Waals surface area (Å²) in [7, 11) is 0. The van der Waals surface area contributed by atoms with Gasteiger partial charge in [0.05, 0.1) is 24.3 Å². The Balaban J connectivity index is 1.72. The lowest BCUT2D eigenvalue weighted by Crippen LogP contribution is -2.52. The van der Waals surface area contributed by atoms with Crippen LogP contribution >= 0.6 is 0 Å². The van der Waals surface area contributed by atoms with Crippen molar-refractivity contribution in [3.63, 3.8) is 0 Å². The van der Waals surface area contributed by atoms with Gasteiger partial charge >= 0.3 is 0 Å². The normalized spacial score (nSPS) is 27.5. The molecule has 2 aliphatic rings. The second-order valence-corrected chi connectivity index (χ2v) is 5.54. The minimum absolute atomic E-state index is 0.432. The second-order valence-electron chi connectivity index (χ2n) is 5.54. The SMILES string of the molecule is N#Cc1cccc(CN2CCO[C@H]3CCCC[C@H]32)c1. The first kappa shape index (κ1) is 12.7. The molecule has 2 atom stereocenters. The van der Waals surface area contributed by atoms with Gasteiger partial charge in [-0.3, -0.25) is 4.90 Å². The number of morpholine rings is 1. The highest BCUT2D eigenvalue weighted by molar-refractivity contribution is 5.32. The summed E-state index contributed by atoms with van der Waals surface area (Å²) in [6.45, 7) is 2.80. The lowest BCUT2D eigenvalue weighted by molar-refractivity contribution is -0.0911. The standard InChI is InChI=1S/C16H20N2O/c17-11-13-4-3-5-14(10-13)12-18-8-9-19-16-7-2-1-6-15(16)18/h3-5,10,15-16H,1-2,6-9,12H2/t15-,16+/m1/s1. The first-order valence-corrected chi connectivity index (χ1v) is 7.21. The molecular formula is C16H20N2O. The molecular weight excluding hydrogens is 236 g/mol. The molecule has 1 aliphatic heterocycles. The molecule has 1 heterocycles. The highest BCUT2D eigenvalue weighted by Gasteiger charge is 2.33. The summed E-state index contributed by atoms with van der Waals surface area (Å²) in [5.41, 5.74) is 2.00. The molecule has 0 aromatic heterocycles. The van der Waals surface area contributed by atoms with Crippen LogP contribution in [-0.2, 0) is 11.3 Å². The summed E-state index contributed by atoms with van der Waals surface area (Å²) in [6.07, 6.45) is 5.52. The molecule has 0 unspecified atom stereocenters. The molecule has 19 heavy (non-hydrogen) atoms. The van der Waals surface area contributed by atoms with E-state index in [-0.39, 0.29) is 0 Å². The highest BCUT2D eigenvalue weighted by atomic mass is 16.5. The average molecular weight is 256 g/mol. The van der Waals surface area contributed by atoms with Crippen LogP contribution in [-0.4, -0.2) is 30.2 Å². The largest absolute Gasteiger partial charge is 0.375 e. The Morgan fingerprint density at radius 2 is 2.21 bits per heavy atom. The summed E-state index contributed by atoms with van der Waals surface area (Å²) < 4.78 is 5.90. The van der Waals surface area contributed by atoms with Gasteiger partial charge in [0.25, 0.3) is 0 Å². The van der Waals surface area contributed by atoms with Crippen molar-refractivity contribution < 1.29 is 4.74 Å². The Morgan fingerprint density at radius 1 is 1.32 bits per heavy atom. The van der Waals surface area contributed by atoms with Gasteiger partial charge in [-0.05, 0) is 30.5 Å². The molecule has 1 aromatic carbocycles. The summed E-state index contributed by atoms with van der Waals surface area (Å²) in [6, 6.07) is 10.8. The maximum absolute atomic E-state index is 8.97. The molecule has 3 rings (SSSR count). The Bertz CT molecular complexity index is 478. The molecule has 0 radical (unpaired) electrons. The van der Waals surface area contributed by atoms with Crippen LogP contribution in [0, 0.1) is 11.3 Å². The molecule has 1 saturated heterocycles. The van der Waals surface area contributed by atoms with Crippen LogP contribution in [0.25, 0.3) is 0 Å². The van der Waals surface area contributed by atoms with Gasteiger partial charge in [0.15, 0.2) is 0 Å². The molecule has 0 amide bonds. The predicted molar refractivity (Wildman–Crippen MR) is 73.6 cm³/mol. The van der Waals surface area contributed by atoms with E-state index in [1.165, 1.54) is 31.2 Å². The van der Waals surface area contributed by atoms with Crippen LogP contribution in [0.3, 0.4) is 0 Å². The van der Waals surface area contributed by atoms with Crippen LogP contribution in [0.15, 0.2) is 24.3 Å². The zero-order valence-electron chi connectivity index (χ0n) is 11.2. The van der Waals surface area contributed by atoms with Crippen molar-refractivity contribution in [1.29, 1.82) is 5.26 Å². The van der Waals surface area contributed by atoms with Crippen molar-refractivity contribution in [2.75, 3.05) is 13.2 Å². The fourth-order valence-corrected chi connectivity index (χ4v) is 3.35. The van der Waals surface area contributed by atoms with E-state index in [9.17, 15) is 0 Å². The van der Waals surface area contributed by atoms with Crippen LogP contribution in [0.2, 0.25) is 0 Å². The third kappa shape index (κ3) is 2.80. The third-order valence-corrected chi connectivity index (χ3v) is 4.29. The zero-order chi connectivity index (χ0) is 13.1. The van der Waals surface area contributed by atoms with E-state index in [4.69, 9.17) is 10.00 Å². The molecule has 0 N–H and O–H groups in total. The lowest BCUT2D eigenvalue weighted by atomic mass is 9.90. The molecule has 1 aliphatic carbocycles. The molecule has 3 nitrogen and oxygen atoms in total. The smallest absolute Gasteiger partial charge is 0.0991 e. The van der Waals surface area contributed by atoms with E-state index >= 15 is 0 Å². The van der Waals surface area contributed by atoms with Crippen LogP contribution in [0.4, 0.5) is 0 Å². The highest BCUT2D eigenvalue weighted by Crippen LogP contribution is 2.29. The first-order valence-electron chi connectivity index (χ1n) is 7.21. The van der Waals surface area contributed by atoms with E-state index < -0.39 is 0 Å². The summed E-state index contributed by atoms with van der Waals surface area (Å²) in [5.74, 6) is 0. The van der Waals surface area contributed by atoms with Crippen LogP contribution < -0.4 is 0 Å². The van der Waals surface area contributed by atoms with Gasteiger partial charge in [-0.15, -0.1) is 0 Å². The summed E-state index contributed by atoms with van der Waals surface area (Å²) >= 11 is 0. The molecule has 100 valence electrons. The fourth-order valence-electron chi connectivity index (χ4n) is 3.35. The van der Waals surface area contributed by atoms with Gasteiger partial charge < -0.3 is 4.74 Å². The van der Waals surface area contributed by atoms with Gasteiger partial charge in [-0.25, -0.2) is 0 Å². The maximum atomic E-state index is 8.97. The van der Waals surface area contributed by atoms with E-state index in [0.29, 0.717) is 12.1 Å². The minimum Gasteiger partial charge on any atom is -0.375 e. The molecule has 1 saturated carbocycles. The van der Waals surface area contributed by atoms with Crippen LogP contribution in [0.1, 0.15) is 36.8 Å². The lowest BCUT2D eigenvalue weighted by Gasteiger charge is -2.43. The number of hydrogen-bond donors (Lipinski definition) is 0. The third-order valence-electron chi connectivity index (χ3n) is 4.29. The predicted octanol–water partition coefficient (Wildman–Crippen LogP) is 2.70. The first-order chi connectivity index (χ1) is 9.36. The maximum Gasteiger partial charge on any atom is 0.0991 e. The molecule has 3 heteroatoms. The number of nitrogens with zero attached hydrogens (tertiary/aromatic N) is 2. The van der Waals surface area contributed by atoms with Crippen molar-refractivity contribution in [2.45, 2.75) is 44.4 Å². The van der Waals surface area contributed by atoms with E-state index in [1.807, 2.05) is 18.2 Å². The second kappa shape index (κ2) is 5.73. The van der Waals surface area contributed by atoms with E-state index in [2.05, 4.69) is 17.0 Å². The number of benzene rings is 1. The van der Waals surface area contributed by atoms with Crippen molar-refractivity contribution in [3.05, 3.63) is 35.4 Å².